The van der Waals surface area contributed by atoms with E-state index in [2.05, 4.69) is 10.6 Å². The van der Waals surface area contributed by atoms with E-state index in [9.17, 15) is 19.5 Å². The van der Waals surface area contributed by atoms with Crippen LogP contribution in [0.4, 0.5) is 4.79 Å². The van der Waals surface area contributed by atoms with Gasteiger partial charge in [0.15, 0.2) is 0 Å². The summed E-state index contributed by atoms with van der Waals surface area (Å²) in [4.78, 5) is 37.8. The second-order valence-electron chi connectivity index (χ2n) is 8.73. The van der Waals surface area contributed by atoms with Crippen LogP contribution in [0.1, 0.15) is 16.7 Å². The van der Waals surface area contributed by atoms with Crippen molar-refractivity contribution in [1.82, 2.24) is 10.6 Å². The minimum Gasteiger partial charge on any atom is -0.480 e. The van der Waals surface area contributed by atoms with Crippen molar-refractivity contribution in [2.24, 2.45) is 0 Å². The lowest BCUT2D eigenvalue weighted by Crippen LogP contribution is -2.53. The second kappa shape index (κ2) is 12.4. The molecule has 4 aromatic carbocycles. The fraction of sp³-hybridized carbons (Fsp3) is 0.167. The summed E-state index contributed by atoms with van der Waals surface area (Å²) in [6.45, 7) is 0.0477. The fourth-order valence-corrected chi connectivity index (χ4v) is 4.04. The number of rotatable bonds is 10. The van der Waals surface area contributed by atoms with Gasteiger partial charge in [0.1, 0.15) is 18.7 Å². The van der Waals surface area contributed by atoms with Gasteiger partial charge in [0.25, 0.3) is 0 Å². The van der Waals surface area contributed by atoms with Crippen molar-refractivity contribution in [3.05, 3.63) is 120 Å². The average molecular weight is 497 g/mol. The van der Waals surface area contributed by atoms with Crippen LogP contribution in [-0.4, -0.2) is 35.2 Å². The van der Waals surface area contributed by atoms with E-state index in [-0.39, 0.29) is 19.4 Å². The number of carboxylic acid groups (broad SMARTS) is 1. The lowest BCUT2D eigenvalue weighted by molar-refractivity contribution is -0.142. The van der Waals surface area contributed by atoms with Crippen molar-refractivity contribution in [1.29, 1.82) is 0 Å². The third-order valence-corrected chi connectivity index (χ3v) is 5.97. The monoisotopic (exact) mass is 496 g/mol. The van der Waals surface area contributed by atoms with Crippen molar-refractivity contribution in [2.75, 3.05) is 0 Å². The molecular formula is C30H28N2O5. The summed E-state index contributed by atoms with van der Waals surface area (Å²) in [5.74, 6) is -1.76. The molecule has 0 aliphatic carbocycles. The summed E-state index contributed by atoms with van der Waals surface area (Å²) in [5, 5.41) is 17.1. The van der Waals surface area contributed by atoms with E-state index in [1.165, 1.54) is 0 Å². The molecule has 0 unspecified atom stereocenters. The Morgan fingerprint density at radius 2 is 1.24 bits per heavy atom. The lowest BCUT2D eigenvalue weighted by atomic mass is 10.0. The van der Waals surface area contributed by atoms with Crippen molar-refractivity contribution >= 4 is 28.7 Å². The molecule has 0 fully saturated rings. The van der Waals surface area contributed by atoms with Gasteiger partial charge in [-0.2, -0.15) is 0 Å². The van der Waals surface area contributed by atoms with E-state index in [4.69, 9.17) is 4.74 Å². The third kappa shape index (κ3) is 7.41. The van der Waals surface area contributed by atoms with Gasteiger partial charge in [-0.1, -0.05) is 103 Å². The molecule has 4 rings (SSSR count). The number of alkyl carbamates (subject to hydrolysis) is 1. The Labute approximate surface area is 215 Å². The number of benzene rings is 4. The number of nitrogens with one attached hydrogen (secondary N) is 2. The summed E-state index contributed by atoms with van der Waals surface area (Å²) in [5.41, 5.74) is 2.40. The maximum atomic E-state index is 13.2. The SMILES string of the molecule is O=C(N[C@H](Cc1ccccc1)C(=O)N[C@H](Cc1ccc2ccccc2c1)C(=O)O)OCc1ccccc1. The number of carboxylic acids is 1. The molecule has 7 nitrogen and oxygen atoms in total. The van der Waals surface area contributed by atoms with Crippen LogP contribution >= 0.6 is 0 Å². The first-order valence-electron chi connectivity index (χ1n) is 12.0. The van der Waals surface area contributed by atoms with Crippen LogP contribution in [0.25, 0.3) is 10.8 Å². The fourth-order valence-electron chi connectivity index (χ4n) is 4.04. The summed E-state index contributed by atoms with van der Waals surface area (Å²) in [6, 6.07) is 29.6. The number of carbonyl (C=O) groups is 3. The number of amides is 2. The summed E-state index contributed by atoms with van der Waals surface area (Å²) < 4.78 is 5.29. The van der Waals surface area contributed by atoms with Gasteiger partial charge < -0.3 is 20.5 Å². The minimum atomic E-state index is -1.17. The maximum Gasteiger partial charge on any atom is 0.408 e. The van der Waals surface area contributed by atoms with Gasteiger partial charge in [-0.15, -0.1) is 0 Å². The standard InChI is InChI=1S/C30H28N2O5/c33-28(31-27(29(34)35)19-23-15-16-24-13-7-8-14-25(24)17-23)26(18-21-9-3-1-4-10-21)32-30(36)37-20-22-11-5-2-6-12-22/h1-17,26-27H,18-20H2,(H,31,33)(H,32,36)(H,34,35)/t26-,27-/m1/s1. The van der Waals surface area contributed by atoms with Gasteiger partial charge in [-0.3, -0.25) is 4.79 Å². The lowest BCUT2D eigenvalue weighted by Gasteiger charge is -2.22. The summed E-state index contributed by atoms with van der Waals surface area (Å²) >= 11 is 0. The average Bonchev–Trinajstić information content (AvgIpc) is 2.92. The molecule has 0 aliphatic rings. The van der Waals surface area contributed by atoms with E-state index in [0.29, 0.717) is 0 Å². The first-order chi connectivity index (χ1) is 18.0. The Kier molecular flexibility index (Phi) is 8.49. The van der Waals surface area contributed by atoms with Crippen molar-refractivity contribution in [2.45, 2.75) is 31.5 Å². The molecule has 0 saturated heterocycles. The van der Waals surface area contributed by atoms with Crippen LogP contribution in [-0.2, 0) is 33.8 Å². The molecule has 0 heterocycles. The quantitative estimate of drug-likeness (QED) is 0.300. The molecule has 0 aromatic heterocycles. The van der Waals surface area contributed by atoms with Crippen LogP contribution in [0.3, 0.4) is 0 Å². The molecule has 0 bridgehead atoms. The first-order valence-corrected chi connectivity index (χ1v) is 12.0. The Hall–Kier alpha value is -4.65. The zero-order valence-electron chi connectivity index (χ0n) is 20.2. The molecule has 4 aromatic rings. The smallest absolute Gasteiger partial charge is 0.408 e. The predicted molar refractivity (Wildman–Crippen MR) is 141 cm³/mol. The normalized spacial score (nSPS) is 12.3. The molecule has 0 spiro atoms. The highest BCUT2D eigenvalue weighted by Crippen LogP contribution is 2.17. The van der Waals surface area contributed by atoms with Crippen molar-refractivity contribution in [3.8, 4) is 0 Å². The Balaban J connectivity index is 1.45. The zero-order valence-corrected chi connectivity index (χ0v) is 20.2. The van der Waals surface area contributed by atoms with Crippen LogP contribution in [0.5, 0.6) is 0 Å². The molecule has 0 radical (unpaired) electrons. The van der Waals surface area contributed by atoms with E-state index >= 15 is 0 Å². The zero-order chi connectivity index (χ0) is 26.0. The summed E-state index contributed by atoms with van der Waals surface area (Å²) in [6.07, 6.45) is -0.487. The molecular weight excluding hydrogens is 468 g/mol. The highest BCUT2D eigenvalue weighted by Gasteiger charge is 2.27. The van der Waals surface area contributed by atoms with Crippen molar-refractivity contribution < 1.29 is 24.2 Å². The summed E-state index contributed by atoms with van der Waals surface area (Å²) in [7, 11) is 0. The molecule has 7 heteroatoms. The van der Waals surface area contributed by atoms with E-state index in [0.717, 1.165) is 27.5 Å². The Morgan fingerprint density at radius 3 is 1.92 bits per heavy atom. The predicted octanol–water partition coefficient (Wildman–Crippen LogP) is 4.49. The number of aliphatic carboxylic acids is 1. The first kappa shape index (κ1) is 25.4. The maximum absolute atomic E-state index is 13.2. The van der Waals surface area contributed by atoms with Crippen LogP contribution < -0.4 is 10.6 Å². The number of ether oxygens (including phenoxy) is 1. The topological polar surface area (TPSA) is 105 Å². The number of hydrogen-bond acceptors (Lipinski definition) is 4. The van der Waals surface area contributed by atoms with Gasteiger partial charge in [0, 0.05) is 12.8 Å². The molecule has 0 saturated carbocycles. The minimum absolute atomic E-state index is 0.0477. The second-order valence-corrected chi connectivity index (χ2v) is 8.73. The van der Waals surface area contributed by atoms with Gasteiger partial charge in [0.2, 0.25) is 5.91 Å². The Morgan fingerprint density at radius 1 is 0.649 bits per heavy atom. The molecule has 2 atom stereocenters. The number of hydrogen-bond donors (Lipinski definition) is 3. The van der Waals surface area contributed by atoms with Crippen LogP contribution in [0.15, 0.2) is 103 Å². The van der Waals surface area contributed by atoms with Crippen LogP contribution in [0, 0.1) is 0 Å². The Bertz CT molecular complexity index is 1360. The van der Waals surface area contributed by atoms with Crippen LogP contribution in [0.2, 0.25) is 0 Å². The van der Waals surface area contributed by atoms with Crippen molar-refractivity contribution in [3.63, 3.8) is 0 Å². The molecule has 2 amide bonds. The van der Waals surface area contributed by atoms with Gasteiger partial charge in [-0.25, -0.2) is 9.59 Å². The number of carbonyl (C=O) groups excluding carboxylic acids is 2. The highest BCUT2D eigenvalue weighted by atomic mass is 16.5. The van der Waals surface area contributed by atoms with Gasteiger partial charge in [0.05, 0.1) is 0 Å². The third-order valence-electron chi connectivity index (χ3n) is 5.97. The molecule has 188 valence electrons. The van der Waals surface area contributed by atoms with E-state index in [1.807, 2.05) is 103 Å². The largest absolute Gasteiger partial charge is 0.480 e. The van der Waals surface area contributed by atoms with E-state index < -0.39 is 30.1 Å². The highest BCUT2D eigenvalue weighted by molar-refractivity contribution is 5.90. The molecule has 37 heavy (non-hydrogen) atoms. The van der Waals surface area contributed by atoms with Gasteiger partial charge >= 0.3 is 12.1 Å². The van der Waals surface area contributed by atoms with Gasteiger partial charge in [-0.05, 0) is 27.5 Å². The number of fused-ring (bicyclic) bond motifs is 1. The van der Waals surface area contributed by atoms with E-state index in [1.54, 1.807) is 0 Å². The molecule has 3 N–H and O–H groups in total. The molecule has 0 aliphatic heterocycles.